The zero-order valence-electron chi connectivity index (χ0n) is 16.9. The van der Waals surface area contributed by atoms with Gasteiger partial charge in [0.1, 0.15) is 6.04 Å². The molecule has 0 bridgehead atoms. The summed E-state index contributed by atoms with van der Waals surface area (Å²) in [7, 11) is 0. The third-order valence-electron chi connectivity index (χ3n) is 4.86. The molecule has 5 nitrogen and oxygen atoms in total. The third kappa shape index (κ3) is 5.35. The van der Waals surface area contributed by atoms with Crippen LogP contribution in [0.4, 0.5) is 5.69 Å². The van der Waals surface area contributed by atoms with E-state index in [2.05, 4.69) is 0 Å². The number of nitrogen functional groups attached to an aromatic ring is 1. The molecule has 0 radical (unpaired) electrons. The van der Waals surface area contributed by atoms with Gasteiger partial charge in [-0.3, -0.25) is 4.79 Å². The first-order chi connectivity index (χ1) is 13.3. The van der Waals surface area contributed by atoms with Crippen LogP contribution in [0.15, 0.2) is 48.5 Å². The maximum Gasteiger partial charge on any atom is 0.326 e. The minimum Gasteiger partial charge on any atom is -0.480 e. The van der Waals surface area contributed by atoms with E-state index in [1.807, 2.05) is 69.3 Å². The van der Waals surface area contributed by atoms with Crippen molar-refractivity contribution in [2.24, 2.45) is 5.92 Å². The van der Waals surface area contributed by atoms with Crippen LogP contribution in [0.1, 0.15) is 45.6 Å². The third-order valence-corrected chi connectivity index (χ3v) is 4.86. The normalized spacial score (nSPS) is 12.0. The molecule has 28 heavy (non-hydrogen) atoms. The predicted octanol–water partition coefficient (Wildman–Crippen LogP) is 4.56. The zero-order chi connectivity index (χ0) is 20.7. The first kappa shape index (κ1) is 21.5. The van der Waals surface area contributed by atoms with Gasteiger partial charge in [-0.2, -0.15) is 0 Å². The Kier molecular flexibility index (Phi) is 7.61. The number of carbonyl (C=O) groups excluding carboxylic acids is 1. The number of benzene rings is 2. The lowest BCUT2D eigenvalue weighted by Gasteiger charge is -2.32. The van der Waals surface area contributed by atoms with Gasteiger partial charge in [-0.1, -0.05) is 69.7 Å². The Morgan fingerprint density at radius 2 is 1.71 bits per heavy atom. The van der Waals surface area contributed by atoms with Crippen molar-refractivity contribution in [2.75, 3.05) is 5.73 Å². The van der Waals surface area contributed by atoms with E-state index in [0.29, 0.717) is 12.1 Å². The standard InChI is InChI=1S/C23H30N2O3/c1-4-5-10-21(26)25(22(16(2)3)23(27)28)15-17-11-13-18(14-12-17)19-8-6-7-9-20(19)24/h6-9,11-14,16,22H,4-5,10,15,24H2,1-3H3,(H,27,28)/t22-/m0/s1. The van der Waals surface area contributed by atoms with Gasteiger partial charge in [0.15, 0.2) is 0 Å². The molecule has 1 amide bonds. The lowest BCUT2D eigenvalue weighted by Crippen LogP contribution is -2.47. The number of hydrogen-bond acceptors (Lipinski definition) is 3. The van der Waals surface area contributed by atoms with E-state index in [9.17, 15) is 14.7 Å². The summed E-state index contributed by atoms with van der Waals surface area (Å²) in [5, 5.41) is 9.68. The average Bonchev–Trinajstić information content (AvgIpc) is 2.66. The predicted molar refractivity (Wildman–Crippen MR) is 113 cm³/mol. The fourth-order valence-corrected chi connectivity index (χ4v) is 3.34. The molecule has 2 aromatic rings. The van der Waals surface area contributed by atoms with Gasteiger partial charge in [0.25, 0.3) is 0 Å². The number of carboxylic acids is 1. The Balaban J connectivity index is 2.26. The van der Waals surface area contributed by atoms with Crippen LogP contribution >= 0.6 is 0 Å². The summed E-state index contributed by atoms with van der Waals surface area (Å²) in [4.78, 5) is 26.1. The van der Waals surface area contributed by atoms with Crippen LogP contribution in [0.5, 0.6) is 0 Å². The fraction of sp³-hybridized carbons (Fsp3) is 0.391. The van der Waals surface area contributed by atoms with Crippen LogP contribution in [-0.4, -0.2) is 27.9 Å². The molecule has 0 heterocycles. The highest BCUT2D eigenvalue weighted by molar-refractivity contribution is 5.84. The molecule has 5 heteroatoms. The number of nitrogens with two attached hydrogens (primary N) is 1. The summed E-state index contributed by atoms with van der Waals surface area (Å²) in [6.45, 7) is 5.96. The van der Waals surface area contributed by atoms with Crippen molar-refractivity contribution in [2.45, 2.75) is 52.6 Å². The van der Waals surface area contributed by atoms with Crippen molar-refractivity contribution in [3.05, 3.63) is 54.1 Å². The summed E-state index contributed by atoms with van der Waals surface area (Å²) in [5.74, 6) is -1.25. The number of anilines is 1. The second kappa shape index (κ2) is 9.93. The van der Waals surface area contributed by atoms with E-state index in [4.69, 9.17) is 5.73 Å². The molecule has 150 valence electrons. The molecule has 0 aliphatic carbocycles. The molecule has 2 aromatic carbocycles. The minimum absolute atomic E-state index is 0.112. The molecule has 2 rings (SSSR count). The van der Waals surface area contributed by atoms with E-state index in [1.165, 1.54) is 4.90 Å². The van der Waals surface area contributed by atoms with Crippen molar-refractivity contribution in [3.8, 4) is 11.1 Å². The van der Waals surface area contributed by atoms with E-state index in [-0.39, 0.29) is 18.4 Å². The Hall–Kier alpha value is -2.82. The SMILES string of the molecule is CCCCC(=O)N(Cc1ccc(-c2ccccc2N)cc1)[C@H](C(=O)O)C(C)C. The fourth-order valence-electron chi connectivity index (χ4n) is 3.34. The highest BCUT2D eigenvalue weighted by Gasteiger charge is 2.32. The monoisotopic (exact) mass is 382 g/mol. The minimum atomic E-state index is -0.964. The zero-order valence-corrected chi connectivity index (χ0v) is 16.9. The molecule has 0 saturated carbocycles. The number of nitrogens with zero attached hydrogens (tertiary/aromatic N) is 1. The van der Waals surface area contributed by atoms with E-state index in [0.717, 1.165) is 29.5 Å². The Bertz CT molecular complexity index is 800. The van der Waals surface area contributed by atoms with E-state index in [1.54, 1.807) is 0 Å². The number of carbonyl (C=O) groups is 2. The van der Waals surface area contributed by atoms with Crippen LogP contribution in [0.2, 0.25) is 0 Å². The highest BCUT2D eigenvalue weighted by atomic mass is 16.4. The van der Waals surface area contributed by atoms with Gasteiger partial charge in [-0.15, -0.1) is 0 Å². The second-order valence-corrected chi connectivity index (χ2v) is 7.44. The Morgan fingerprint density at radius 3 is 2.25 bits per heavy atom. The summed E-state index contributed by atoms with van der Waals surface area (Å²) in [6.07, 6.45) is 2.02. The van der Waals surface area contributed by atoms with Crippen LogP contribution in [-0.2, 0) is 16.1 Å². The lowest BCUT2D eigenvalue weighted by molar-refractivity contribution is -0.153. The molecular formula is C23H30N2O3. The van der Waals surface area contributed by atoms with Gasteiger partial charge in [-0.05, 0) is 29.5 Å². The van der Waals surface area contributed by atoms with Gasteiger partial charge in [-0.25, -0.2) is 4.79 Å². The number of aliphatic carboxylic acids is 1. The maximum absolute atomic E-state index is 12.7. The summed E-state index contributed by atoms with van der Waals surface area (Å²) >= 11 is 0. The Labute approximate surface area is 167 Å². The molecule has 0 saturated heterocycles. The van der Waals surface area contributed by atoms with Crippen LogP contribution < -0.4 is 5.73 Å². The van der Waals surface area contributed by atoms with Crippen molar-refractivity contribution in [3.63, 3.8) is 0 Å². The number of amides is 1. The second-order valence-electron chi connectivity index (χ2n) is 7.44. The molecule has 0 spiro atoms. The first-order valence-corrected chi connectivity index (χ1v) is 9.81. The van der Waals surface area contributed by atoms with Gasteiger partial charge >= 0.3 is 5.97 Å². The van der Waals surface area contributed by atoms with Crippen molar-refractivity contribution >= 4 is 17.6 Å². The van der Waals surface area contributed by atoms with E-state index >= 15 is 0 Å². The maximum atomic E-state index is 12.7. The van der Waals surface area contributed by atoms with Gasteiger partial charge in [0.05, 0.1) is 0 Å². The molecule has 0 unspecified atom stereocenters. The van der Waals surface area contributed by atoms with Gasteiger partial charge < -0.3 is 15.7 Å². The molecule has 0 aliphatic heterocycles. The molecule has 0 fully saturated rings. The lowest BCUT2D eigenvalue weighted by atomic mass is 9.99. The topological polar surface area (TPSA) is 83.6 Å². The number of para-hydroxylation sites is 1. The molecule has 1 atom stereocenters. The summed E-state index contributed by atoms with van der Waals surface area (Å²) in [6, 6.07) is 14.6. The van der Waals surface area contributed by atoms with Crippen LogP contribution in [0.3, 0.4) is 0 Å². The van der Waals surface area contributed by atoms with E-state index < -0.39 is 12.0 Å². The highest BCUT2D eigenvalue weighted by Crippen LogP contribution is 2.26. The largest absolute Gasteiger partial charge is 0.480 e. The average molecular weight is 383 g/mol. The molecular weight excluding hydrogens is 352 g/mol. The van der Waals surface area contributed by atoms with Crippen LogP contribution in [0.25, 0.3) is 11.1 Å². The van der Waals surface area contributed by atoms with Gasteiger partial charge in [0.2, 0.25) is 5.91 Å². The van der Waals surface area contributed by atoms with Crippen molar-refractivity contribution in [1.82, 2.24) is 4.90 Å². The van der Waals surface area contributed by atoms with Crippen molar-refractivity contribution in [1.29, 1.82) is 0 Å². The molecule has 0 aromatic heterocycles. The smallest absolute Gasteiger partial charge is 0.326 e. The Morgan fingerprint density at radius 1 is 1.07 bits per heavy atom. The molecule has 3 N–H and O–H groups in total. The molecule has 0 aliphatic rings. The number of hydrogen-bond donors (Lipinski definition) is 2. The summed E-state index contributed by atoms with van der Waals surface area (Å²) < 4.78 is 0. The van der Waals surface area contributed by atoms with Crippen molar-refractivity contribution < 1.29 is 14.7 Å². The quantitative estimate of drug-likeness (QED) is 0.623. The number of carboxylic acid groups (broad SMARTS) is 1. The van der Waals surface area contributed by atoms with Gasteiger partial charge in [0, 0.05) is 24.2 Å². The first-order valence-electron chi connectivity index (χ1n) is 9.81. The number of rotatable bonds is 9. The van der Waals surface area contributed by atoms with Crippen LogP contribution in [0, 0.1) is 5.92 Å². The number of unbranched alkanes of at least 4 members (excludes halogenated alkanes) is 1. The summed E-state index contributed by atoms with van der Waals surface area (Å²) in [5.41, 5.74) is 9.59.